The zero-order valence-electron chi connectivity index (χ0n) is 10.7. The average Bonchev–Trinajstić information content (AvgIpc) is 2.90. The maximum Gasteiger partial charge on any atom is 0.124 e. The molecule has 0 aliphatic heterocycles. The number of benzene rings is 2. The summed E-state index contributed by atoms with van der Waals surface area (Å²) in [5, 5.41) is 0.971. The summed E-state index contributed by atoms with van der Waals surface area (Å²) in [5.41, 5.74) is 2.03. The lowest BCUT2D eigenvalue weighted by molar-refractivity contribution is 0.394. The van der Waals surface area contributed by atoms with Crippen LogP contribution in [0.25, 0.3) is 20.8 Å². The number of thiazole rings is 1. The second kappa shape index (κ2) is 4.90. The van der Waals surface area contributed by atoms with Gasteiger partial charge in [0.2, 0.25) is 0 Å². The van der Waals surface area contributed by atoms with Crippen molar-refractivity contribution in [2.75, 3.05) is 14.2 Å². The van der Waals surface area contributed by atoms with E-state index >= 15 is 0 Å². The largest absolute Gasteiger partial charge is 0.497 e. The van der Waals surface area contributed by atoms with Crippen molar-refractivity contribution in [2.45, 2.75) is 0 Å². The number of fused-ring (bicyclic) bond motifs is 1. The Hall–Kier alpha value is -2.07. The van der Waals surface area contributed by atoms with Gasteiger partial charge < -0.3 is 9.47 Å². The quantitative estimate of drug-likeness (QED) is 0.722. The summed E-state index contributed by atoms with van der Waals surface area (Å²) >= 11 is 1.67. The van der Waals surface area contributed by atoms with Crippen LogP contribution in [0.4, 0.5) is 0 Å². The first-order valence-electron chi connectivity index (χ1n) is 5.89. The van der Waals surface area contributed by atoms with Crippen molar-refractivity contribution in [3.63, 3.8) is 0 Å². The molecule has 0 aliphatic carbocycles. The van der Waals surface area contributed by atoms with Crippen LogP contribution in [0, 0.1) is 0 Å². The predicted molar refractivity (Wildman–Crippen MR) is 78.2 cm³/mol. The summed E-state index contributed by atoms with van der Waals surface area (Å²) in [6.45, 7) is 0. The van der Waals surface area contributed by atoms with Crippen LogP contribution >= 0.6 is 11.3 Å². The molecule has 0 saturated carbocycles. The molecule has 3 nitrogen and oxygen atoms in total. The number of hydrogen-bond acceptors (Lipinski definition) is 4. The number of hydrogen-bond donors (Lipinski definition) is 0. The van der Waals surface area contributed by atoms with Crippen LogP contribution in [0.2, 0.25) is 0 Å². The van der Waals surface area contributed by atoms with Gasteiger partial charge in [-0.25, -0.2) is 4.98 Å². The highest BCUT2D eigenvalue weighted by Gasteiger charge is 2.09. The van der Waals surface area contributed by atoms with Crippen LogP contribution < -0.4 is 9.47 Å². The topological polar surface area (TPSA) is 31.4 Å². The molecule has 0 spiro atoms. The maximum absolute atomic E-state index is 5.29. The van der Waals surface area contributed by atoms with E-state index in [1.54, 1.807) is 25.6 Å². The van der Waals surface area contributed by atoms with E-state index in [1.807, 2.05) is 36.4 Å². The zero-order chi connectivity index (χ0) is 13.2. The predicted octanol–water partition coefficient (Wildman–Crippen LogP) is 3.98. The third-order valence-corrected chi connectivity index (χ3v) is 3.98. The Labute approximate surface area is 115 Å². The van der Waals surface area contributed by atoms with E-state index in [2.05, 4.69) is 11.1 Å². The average molecular weight is 271 g/mol. The van der Waals surface area contributed by atoms with Gasteiger partial charge in [0.1, 0.15) is 16.5 Å². The Morgan fingerprint density at radius 3 is 2.26 bits per heavy atom. The maximum atomic E-state index is 5.29. The van der Waals surface area contributed by atoms with Crippen molar-refractivity contribution in [1.82, 2.24) is 4.98 Å². The van der Waals surface area contributed by atoms with Gasteiger partial charge in [0.25, 0.3) is 0 Å². The third-order valence-electron chi connectivity index (χ3n) is 2.89. The highest BCUT2D eigenvalue weighted by molar-refractivity contribution is 7.21. The molecule has 4 heteroatoms. The van der Waals surface area contributed by atoms with Crippen LogP contribution in [0.3, 0.4) is 0 Å². The lowest BCUT2D eigenvalue weighted by Gasteiger charge is -2.06. The molecule has 0 radical (unpaired) electrons. The normalized spacial score (nSPS) is 10.6. The fourth-order valence-corrected chi connectivity index (χ4v) is 2.88. The lowest BCUT2D eigenvalue weighted by atomic mass is 10.2. The van der Waals surface area contributed by atoms with Gasteiger partial charge in [0.15, 0.2) is 0 Å². The standard InChI is InChI=1S/C15H13NO2S/c1-17-11-7-10(8-12(9-11)18-2)15-16-13-5-3-4-6-14(13)19-15/h3-9H,1-2H3. The van der Waals surface area contributed by atoms with E-state index in [4.69, 9.17) is 9.47 Å². The molecule has 3 aromatic rings. The van der Waals surface area contributed by atoms with Crippen molar-refractivity contribution in [2.24, 2.45) is 0 Å². The van der Waals surface area contributed by atoms with Gasteiger partial charge in [-0.1, -0.05) is 12.1 Å². The Balaban J connectivity index is 2.14. The minimum absolute atomic E-state index is 0.772. The molecule has 0 bridgehead atoms. The van der Waals surface area contributed by atoms with Crippen LogP contribution in [-0.4, -0.2) is 19.2 Å². The fourth-order valence-electron chi connectivity index (χ4n) is 1.93. The summed E-state index contributed by atoms with van der Waals surface area (Å²) in [7, 11) is 3.30. The van der Waals surface area contributed by atoms with Gasteiger partial charge in [0.05, 0.1) is 24.4 Å². The number of para-hydroxylation sites is 1. The molecule has 19 heavy (non-hydrogen) atoms. The first-order valence-corrected chi connectivity index (χ1v) is 6.71. The Bertz CT molecular complexity index is 666. The summed E-state index contributed by atoms with van der Waals surface area (Å²) in [5.74, 6) is 1.54. The highest BCUT2D eigenvalue weighted by Crippen LogP contribution is 2.34. The molecule has 2 aromatic carbocycles. The summed E-state index contributed by atoms with van der Waals surface area (Å²) in [6, 6.07) is 13.9. The number of aromatic nitrogens is 1. The van der Waals surface area contributed by atoms with Crippen LogP contribution in [0.15, 0.2) is 42.5 Å². The summed E-state index contributed by atoms with van der Waals surface area (Å²) < 4.78 is 11.8. The van der Waals surface area contributed by atoms with Crippen LogP contribution in [-0.2, 0) is 0 Å². The molecule has 96 valence electrons. The molecule has 0 aliphatic rings. The number of rotatable bonds is 3. The van der Waals surface area contributed by atoms with E-state index in [-0.39, 0.29) is 0 Å². The SMILES string of the molecule is COc1cc(OC)cc(-c2nc3ccccc3s2)c1. The molecule has 0 unspecified atom stereocenters. The molecule has 3 rings (SSSR count). The van der Waals surface area contributed by atoms with Gasteiger partial charge >= 0.3 is 0 Å². The van der Waals surface area contributed by atoms with Gasteiger partial charge in [-0.05, 0) is 24.3 Å². The number of ether oxygens (including phenoxy) is 2. The third kappa shape index (κ3) is 2.27. The lowest BCUT2D eigenvalue weighted by Crippen LogP contribution is -1.88. The van der Waals surface area contributed by atoms with Gasteiger partial charge in [-0.15, -0.1) is 11.3 Å². The van der Waals surface area contributed by atoms with Crippen LogP contribution in [0.5, 0.6) is 11.5 Å². The van der Waals surface area contributed by atoms with E-state index < -0.39 is 0 Å². The zero-order valence-corrected chi connectivity index (χ0v) is 11.5. The second-order valence-corrected chi connectivity index (χ2v) is 5.12. The molecule has 1 aromatic heterocycles. The molecule has 0 saturated heterocycles. The smallest absolute Gasteiger partial charge is 0.124 e. The van der Waals surface area contributed by atoms with Gasteiger partial charge in [-0.2, -0.15) is 0 Å². The van der Waals surface area contributed by atoms with Crippen molar-refractivity contribution in [3.8, 4) is 22.1 Å². The molecule has 1 heterocycles. The number of nitrogens with zero attached hydrogens (tertiary/aromatic N) is 1. The van der Waals surface area contributed by atoms with Crippen molar-refractivity contribution in [3.05, 3.63) is 42.5 Å². The minimum atomic E-state index is 0.772. The monoisotopic (exact) mass is 271 g/mol. The van der Waals surface area contributed by atoms with Crippen LogP contribution in [0.1, 0.15) is 0 Å². The van der Waals surface area contributed by atoms with Gasteiger partial charge in [-0.3, -0.25) is 0 Å². The Morgan fingerprint density at radius 2 is 1.63 bits per heavy atom. The molecule has 0 atom stereocenters. The summed E-state index contributed by atoms with van der Waals surface area (Å²) in [6.07, 6.45) is 0. The Morgan fingerprint density at radius 1 is 0.947 bits per heavy atom. The van der Waals surface area contributed by atoms with Crippen molar-refractivity contribution >= 4 is 21.6 Å². The van der Waals surface area contributed by atoms with E-state index in [1.165, 1.54) is 4.70 Å². The number of methoxy groups -OCH3 is 2. The van der Waals surface area contributed by atoms with Gasteiger partial charge in [0, 0.05) is 11.6 Å². The first kappa shape index (κ1) is 12.0. The second-order valence-electron chi connectivity index (χ2n) is 4.09. The Kier molecular flexibility index (Phi) is 3.09. The highest BCUT2D eigenvalue weighted by atomic mass is 32.1. The van der Waals surface area contributed by atoms with Crippen molar-refractivity contribution < 1.29 is 9.47 Å². The van der Waals surface area contributed by atoms with Crippen molar-refractivity contribution in [1.29, 1.82) is 0 Å². The van der Waals surface area contributed by atoms with E-state index in [9.17, 15) is 0 Å². The fraction of sp³-hybridized carbons (Fsp3) is 0.133. The summed E-state index contributed by atoms with van der Waals surface area (Å²) in [4.78, 5) is 4.64. The molecule has 0 N–H and O–H groups in total. The van der Waals surface area contributed by atoms with E-state index in [0.717, 1.165) is 27.6 Å². The van der Waals surface area contributed by atoms with E-state index in [0.29, 0.717) is 0 Å². The first-order chi connectivity index (χ1) is 9.30. The molecular weight excluding hydrogens is 258 g/mol. The molecule has 0 amide bonds. The minimum Gasteiger partial charge on any atom is -0.497 e. The molecular formula is C15H13NO2S. The molecule has 0 fully saturated rings.